The van der Waals surface area contributed by atoms with Crippen molar-refractivity contribution in [3.05, 3.63) is 0 Å². The van der Waals surface area contributed by atoms with Gasteiger partial charge >= 0.3 is 0 Å². The van der Waals surface area contributed by atoms with E-state index >= 15 is 0 Å². The van der Waals surface area contributed by atoms with E-state index < -0.39 is 10.0 Å². The van der Waals surface area contributed by atoms with Gasteiger partial charge in [0.15, 0.2) is 0 Å². The minimum atomic E-state index is -3.10. The van der Waals surface area contributed by atoms with E-state index in [0.29, 0.717) is 19.6 Å². The summed E-state index contributed by atoms with van der Waals surface area (Å²) in [5, 5.41) is 6.05. The van der Waals surface area contributed by atoms with Crippen molar-refractivity contribution in [1.82, 2.24) is 14.9 Å². The Morgan fingerprint density at radius 2 is 2.00 bits per heavy atom. The summed E-state index contributed by atoms with van der Waals surface area (Å²) in [5.41, 5.74) is 0. The molecule has 1 fully saturated rings. The third-order valence-electron chi connectivity index (χ3n) is 3.49. The smallest absolute Gasteiger partial charge is 0.237 e. The largest absolute Gasteiger partial charge is 0.353 e. The lowest BCUT2D eigenvalue weighted by atomic mass is 9.99. The topological polar surface area (TPSA) is 78.5 Å². The second-order valence-electron chi connectivity index (χ2n) is 5.92. The summed E-state index contributed by atoms with van der Waals surface area (Å²) in [7, 11) is -3.10. The molecule has 6 nitrogen and oxygen atoms in total. The fourth-order valence-electron chi connectivity index (χ4n) is 2.34. The summed E-state index contributed by atoms with van der Waals surface area (Å²) in [6, 6.07) is -0.131. The molecule has 0 aromatic carbocycles. The van der Waals surface area contributed by atoms with Crippen molar-refractivity contribution < 1.29 is 13.2 Å². The van der Waals surface area contributed by atoms with Crippen LogP contribution in [0.1, 0.15) is 33.6 Å². The number of carbonyl (C=O) groups is 1. The zero-order valence-electron chi connectivity index (χ0n) is 12.8. The molecule has 1 saturated heterocycles. The lowest BCUT2D eigenvalue weighted by Crippen LogP contribution is -2.48. The van der Waals surface area contributed by atoms with E-state index in [9.17, 15) is 13.2 Å². The lowest BCUT2D eigenvalue weighted by Gasteiger charge is -2.31. The number of rotatable bonds is 6. The third-order valence-corrected chi connectivity index (χ3v) is 4.76. The van der Waals surface area contributed by atoms with Crippen LogP contribution in [0.15, 0.2) is 0 Å². The van der Waals surface area contributed by atoms with Gasteiger partial charge in [-0.05, 0) is 46.1 Å². The van der Waals surface area contributed by atoms with Crippen LogP contribution in [0.5, 0.6) is 0 Å². The van der Waals surface area contributed by atoms with Gasteiger partial charge in [0.2, 0.25) is 15.9 Å². The summed E-state index contributed by atoms with van der Waals surface area (Å²) in [4.78, 5) is 11.8. The van der Waals surface area contributed by atoms with Crippen molar-refractivity contribution in [2.45, 2.75) is 45.7 Å². The molecule has 1 aliphatic heterocycles. The summed E-state index contributed by atoms with van der Waals surface area (Å²) in [6.07, 6.45) is 3.13. The van der Waals surface area contributed by atoms with Gasteiger partial charge in [0.25, 0.3) is 0 Å². The number of hydrogen-bond acceptors (Lipinski definition) is 4. The fourth-order valence-corrected chi connectivity index (χ4v) is 3.28. The molecule has 20 heavy (non-hydrogen) atoms. The van der Waals surface area contributed by atoms with Crippen LogP contribution in [0.2, 0.25) is 0 Å². The Balaban J connectivity index is 2.40. The number of nitrogens with zero attached hydrogens (tertiary/aromatic N) is 1. The van der Waals surface area contributed by atoms with Gasteiger partial charge < -0.3 is 10.6 Å². The number of nitrogens with one attached hydrogen (secondary N) is 2. The first-order chi connectivity index (χ1) is 9.20. The average Bonchev–Trinajstić information content (AvgIpc) is 2.34. The van der Waals surface area contributed by atoms with E-state index in [1.54, 1.807) is 0 Å². The summed E-state index contributed by atoms with van der Waals surface area (Å²) < 4.78 is 24.6. The van der Waals surface area contributed by atoms with Crippen LogP contribution in [0.4, 0.5) is 0 Å². The molecule has 0 spiro atoms. The molecular weight excluding hydrogens is 278 g/mol. The molecule has 118 valence electrons. The normalized spacial score (nSPS) is 22.8. The summed E-state index contributed by atoms with van der Waals surface area (Å²) >= 11 is 0. The summed E-state index contributed by atoms with van der Waals surface area (Å²) in [5.74, 6) is 0.253. The van der Waals surface area contributed by atoms with E-state index in [1.165, 1.54) is 10.6 Å². The second kappa shape index (κ2) is 7.38. The molecule has 1 amide bonds. The van der Waals surface area contributed by atoms with E-state index in [-0.39, 0.29) is 23.9 Å². The molecule has 7 heteroatoms. The van der Waals surface area contributed by atoms with E-state index in [2.05, 4.69) is 10.6 Å². The molecule has 0 aliphatic carbocycles. The van der Waals surface area contributed by atoms with E-state index in [1.807, 2.05) is 20.8 Å². The van der Waals surface area contributed by atoms with Crippen LogP contribution in [0, 0.1) is 5.92 Å². The monoisotopic (exact) mass is 305 g/mol. The number of piperidine rings is 1. The average molecular weight is 305 g/mol. The minimum Gasteiger partial charge on any atom is -0.353 e. The standard InChI is InChI=1S/C13H27N3O3S/c1-10(2)15-13(17)11(3)14-8-12-6-5-7-16(9-12)20(4,18)19/h10-12,14H,5-9H2,1-4H3,(H,15,17). The highest BCUT2D eigenvalue weighted by molar-refractivity contribution is 7.88. The Bertz CT molecular complexity index is 423. The first-order valence-electron chi connectivity index (χ1n) is 7.19. The molecule has 2 atom stereocenters. The van der Waals surface area contributed by atoms with Gasteiger partial charge in [-0.1, -0.05) is 0 Å². The molecule has 2 N–H and O–H groups in total. The Morgan fingerprint density at radius 1 is 1.35 bits per heavy atom. The van der Waals surface area contributed by atoms with Crippen molar-refractivity contribution in [2.75, 3.05) is 25.9 Å². The number of hydrogen-bond donors (Lipinski definition) is 2. The van der Waals surface area contributed by atoms with Crippen molar-refractivity contribution in [3.8, 4) is 0 Å². The highest BCUT2D eigenvalue weighted by atomic mass is 32.2. The Morgan fingerprint density at radius 3 is 2.55 bits per heavy atom. The van der Waals surface area contributed by atoms with Crippen molar-refractivity contribution in [2.24, 2.45) is 5.92 Å². The summed E-state index contributed by atoms with van der Waals surface area (Å²) in [6.45, 7) is 7.50. The molecule has 1 heterocycles. The SMILES string of the molecule is CC(C)NC(=O)C(C)NCC1CCCN(S(C)(=O)=O)C1. The van der Waals surface area contributed by atoms with Crippen LogP contribution in [0.25, 0.3) is 0 Å². The van der Waals surface area contributed by atoms with Gasteiger partial charge in [-0.2, -0.15) is 0 Å². The third kappa shape index (κ3) is 5.76. The van der Waals surface area contributed by atoms with Gasteiger partial charge in [0.05, 0.1) is 12.3 Å². The molecule has 1 rings (SSSR count). The molecule has 2 unspecified atom stereocenters. The van der Waals surface area contributed by atoms with Gasteiger partial charge in [0.1, 0.15) is 0 Å². The first kappa shape index (κ1) is 17.4. The molecule has 0 radical (unpaired) electrons. The molecular formula is C13H27N3O3S. The lowest BCUT2D eigenvalue weighted by molar-refractivity contribution is -0.123. The van der Waals surface area contributed by atoms with Crippen LogP contribution in [0.3, 0.4) is 0 Å². The molecule has 1 aliphatic rings. The zero-order chi connectivity index (χ0) is 15.3. The zero-order valence-corrected chi connectivity index (χ0v) is 13.7. The van der Waals surface area contributed by atoms with Crippen LogP contribution >= 0.6 is 0 Å². The molecule has 0 saturated carbocycles. The predicted molar refractivity (Wildman–Crippen MR) is 79.9 cm³/mol. The van der Waals surface area contributed by atoms with Gasteiger partial charge in [-0.3, -0.25) is 4.79 Å². The van der Waals surface area contributed by atoms with Crippen molar-refractivity contribution in [3.63, 3.8) is 0 Å². The highest BCUT2D eigenvalue weighted by Gasteiger charge is 2.26. The quantitative estimate of drug-likeness (QED) is 0.733. The molecule has 0 aromatic heterocycles. The predicted octanol–water partition coefficient (Wildman–Crippen LogP) is 0.161. The first-order valence-corrected chi connectivity index (χ1v) is 9.04. The molecule has 0 bridgehead atoms. The highest BCUT2D eigenvalue weighted by Crippen LogP contribution is 2.18. The maximum absolute atomic E-state index is 11.8. The Kier molecular flexibility index (Phi) is 6.42. The van der Waals surface area contributed by atoms with E-state index in [0.717, 1.165) is 12.8 Å². The maximum atomic E-state index is 11.8. The number of carbonyl (C=O) groups excluding carboxylic acids is 1. The number of sulfonamides is 1. The van der Waals surface area contributed by atoms with Crippen LogP contribution < -0.4 is 10.6 Å². The van der Waals surface area contributed by atoms with Crippen LogP contribution in [-0.2, 0) is 14.8 Å². The van der Waals surface area contributed by atoms with Gasteiger partial charge in [0, 0.05) is 19.1 Å². The van der Waals surface area contributed by atoms with Crippen molar-refractivity contribution >= 4 is 15.9 Å². The second-order valence-corrected chi connectivity index (χ2v) is 7.90. The maximum Gasteiger partial charge on any atom is 0.237 e. The van der Waals surface area contributed by atoms with Gasteiger partial charge in [-0.25, -0.2) is 12.7 Å². The Hall–Kier alpha value is -0.660. The Labute approximate surface area is 122 Å². The van der Waals surface area contributed by atoms with Gasteiger partial charge in [-0.15, -0.1) is 0 Å². The van der Waals surface area contributed by atoms with Crippen LogP contribution in [-0.4, -0.2) is 56.6 Å². The van der Waals surface area contributed by atoms with Crippen molar-refractivity contribution in [1.29, 1.82) is 0 Å². The van der Waals surface area contributed by atoms with E-state index in [4.69, 9.17) is 0 Å². The minimum absolute atomic E-state index is 0.0178. The fraction of sp³-hybridized carbons (Fsp3) is 0.923. The molecule has 0 aromatic rings. The number of amides is 1.